The third-order valence-electron chi connectivity index (χ3n) is 4.85. The minimum absolute atomic E-state index is 0.00866. The quantitative estimate of drug-likeness (QED) is 0.528. The molecule has 0 saturated carbocycles. The van der Waals surface area contributed by atoms with E-state index in [-0.39, 0.29) is 27.7 Å². The van der Waals surface area contributed by atoms with Crippen LogP contribution in [0.3, 0.4) is 0 Å². The molecule has 1 atom stereocenters. The molecule has 1 aliphatic rings. The summed E-state index contributed by atoms with van der Waals surface area (Å²) < 4.78 is 41.0. The third-order valence-corrected chi connectivity index (χ3v) is 6.51. The maximum absolute atomic E-state index is 13.0. The van der Waals surface area contributed by atoms with Crippen LogP contribution in [0.25, 0.3) is 0 Å². The second kappa shape index (κ2) is 9.18. The van der Waals surface area contributed by atoms with Gasteiger partial charge < -0.3 is 30.0 Å². The van der Waals surface area contributed by atoms with Gasteiger partial charge in [-0.3, -0.25) is 0 Å². The van der Waals surface area contributed by atoms with Crippen LogP contribution in [0.1, 0.15) is 11.6 Å². The molecule has 0 radical (unpaired) electrons. The number of ether oxygens (including phenoxy) is 3. The average Bonchev–Trinajstić information content (AvgIpc) is 2.78. The molecule has 0 aromatic heterocycles. The molecular weight excluding hydrogens is 440 g/mol. The van der Waals surface area contributed by atoms with Crippen molar-refractivity contribution in [1.82, 2.24) is 10.6 Å². The van der Waals surface area contributed by atoms with Crippen molar-refractivity contribution in [3.63, 3.8) is 0 Å². The summed E-state index contributed by atoms with van der Waals surface area (Å²) >= 11 is 0. The van der Waals surface area contributed by atoms with Crippen molar-refractivity contribution in [2.24, 2.45) is 0 Å². The maximum Gasteiger partial charge on any atom is 0.338 e. The number of phenols is 1. The van der Waals surface area contributed by atoms with Gasteiger partial charge in [0.2, 0.25) is 0 Å². The lowest BCUT2D eigenvalue weighted by molar-refractivity contribution is -0.136. The molecule has 10 nitrogen and oxygen atoms in total. The van der Waals surface area contributed by atoms with Gasteiger partial charge in [0.1, 0.15) is 5.75 Å². The summed E-state index contributed by atoms with van der Waals surface area (Å²) in [6.45, 7) is 0. The van der Waals surface area contributed by atoms with Gasteiger partial charge in [-0.1, -0.05) is 6.07 Å². The Labute approximate surface area is 184 Å². The van der Waals surface area contributed by atoms with Crippen molar-refractivity contribution in [3.8, 4) is 17.2 Å². The summed E-state index contributed by atoms with van der Waals surface area (Å²) in [5.41, 5.74) is 0.180. The molecule has 3 rings (SSSR count). The smallest absolute Gasteiger partial charge is 0.338 e. The number of rotatable bonds is 7. The monoisotopic (exact) mass is 462 g/mol. The number of nitrogens with one attached hydrogen (secondary N) is 2. The standard InChI is InChI=1S/C21H22N2O8S/c1-29-13-5-7-14(8-6-13)32(27,28)11-15-18(20(25)31-3)19(23-21(26)22-15)12-4-9-16(24)17(10-12)30-2/h4-10,19,24H,11H2,1-3H3,(H2,22,23,26)/t19-/m1/s1. The zero-order chi connectivity index (χ0) is 23.5. The molecule has 1 heterocycles. The number of esters is 1. The van der Waals surface area contributed by atoms with E-state index in [2.05, 4.69) is 10.6 Å². The fraction of sp³-hybridized carbons (Fsp3) is 0.238. The van der Waals surface area contributed by atoms with Crippen LogP contribution in [-0.2, 0) is 19.4 Å². The van der Waals surface area contributed by atoms with E-state index >= 15 is 0 Å². The molecule has 0 aliphatic carbocycles. The third kappa shape index (κ3) is 4.62. The van der Waals surface area contributed by atoms with Crippen molar-refractivity contribution >= 4 is 21.8 Å². The molecule has 2 aromatic rings. The van der Waals surface area contributed by atoms with Gasteiger partial charge in [0, 0.05) is 5.70 Å². The van der Waals surface area contributed by atoms with E-state index < -0.39 is 33.6 Å². The van der Waals surface area contributed by atoms with Gasteiger partial charge in [-0.25, -0.2) is 18.0 Å². The minimum atomic E-state index is -3.94. The maximum atomic E-state index is 13.0. The molecule has 32 heavy (non-hydrogen) atoms. The number of hydrogen-bond donors (Lipinski definition) is 3. The Morgan fingerprint density at radius 1 is 1.06 bits per heavy atom. The summed E-state index contributed by atoms with van der Waals surface area (Å²) in [7, 11) is 0.0214. The molecule has 0 unspecified atom stereocenters. The van der Waals surface area contributed by atoms with Crippen molar-refractivity contribution in [2.75, 3.05) is 27.1 Å². The van der Waals surface area contributed by atoms with Gasteiger partial charge in [-0.2, -0.15) is 0 Å². The molecule has 0 spiro atoms. The van der Waals surface area contributed by atoms with Crippen molar-refractivity contribution in [2.45, 2.75) is 10.9 Å². The number of carbonyl (C=O) groups is 2. The van der Waals surface area contributed by atoms with Gasteiger partial charge in [0.05, 0.1) is 43.6 Å². The fourth-order valence-corrected chi connectivity index (χ4v) is 4.59. The van der Waals surface area contributed by atoms with E-state index in [4.69, 9.17) is 14.2 Å². The average molecular weight is 462 g/mol. The summed E-state index contributed by atoms with van der Waals surface area (Å²) in [6.07, 6.45) is 0. The topological polar surface area (TPSA) is 140 Å². The molecule has 2 amide bonds. The van der Waals surface area contributed by atoms with E-state index in [0.29, 0.717) is 11.3 Å². The highest BCUT2D eigenvalue weighted by molar-refractivity contribution is 7.91. The van der Waals surface area contributed by atoms with Crippen LogP contribution in [0, 0.1) is 0 Å². The molecular formula is C21H22N2O8S. The predicted molar refractivity (Wildman–Crippen MR) is 113 cm³/mol. The molecule has 0 saturated heterocycles. The van der Waals surface area contributed by atoms with Gasteiger partial charge in [-0.05, 0) is 42.0 Å². The SMILES string of the molecule is COC(=O)C1=C(CS(=O)(=O)c2ccc(OC)cc2)NC(=O)N[C@@H]1c1ccc(O)c(OC)c1. The number of phenolic OH excluding ortho intramolecular Hbond substituents is 1. The van der Waals surface area contributed by atoms with Crippen LogP contribution >= 0.6 is 0 Å². The second-order valence-corrected chi connectivity index (χ2v) is 8.77. The minimum Gasteiger partial charge on any atom is -0.504 e. The number of aromatic hydroxyl groups is 1. The van der Waals surface area contributed by atoms with Gasteiger partial charge in [-0.15, -0.1) is 0 Å². The lowest BCUT2D eigenvalue weighted by Gasteiger charge is -2.29. The highest BCUT2D eigenvalue weighted by atomic mass is 32.2. The fourth-order valence-electron chi connectivity index (χ4n) is 3.26. The number of methoxy groups -OCH3 is 3. The molecule has 2 aromatic carbocycles. The number of carbonyl (C=O) groups excluding carboxylic acids is 2. The van der Waals surface area contributed by atoms with E-state index in [1.54, 1.807) is 0 Å². The first kappa shape index (κ1) is 22.9. The van der Waals surface area contributed by atoms with Crippen LogP contribution in [0.2, 0.25) is 0 Å². The second-order valence-electron chi connectivity index (χ2n) is 6.78. The van der Waals surface area contributed by atoms with Crippen LogP contribution < -0.4 is 20.1 Å². The lowest BCUT2D eigenvalue weighted by atomic mass is 9.95. The Morgan fingerprint density at radius 2 is 1.75 bits per heavy atom. The van der Waals surface area contributed by atoms with Crippen LogP contribution in [0.15, 0.2) is 58.6 Å². The van der Waals surface area contributed by atoms with E-state index in [0.717, 1.165) is 7.11 Å². The van der Waals surface area contributed by atoms with Crippen LogP contribution in [0.5, 0.6) is 17.2 Å². The van der Waals surface area contributed by atoms with Gasteiger partial charge in [0.25, 0.3) is 0 Å². The Kier molecular flexibility index (Phi) is 6.58. The zero-order valence-corrected chi connectivity index (χ0v) is 18.4. The van der Waals surface area contributed by atoms with Crippen molar-refractivity contribution < 1.29 is 37.3 Å². The van der Waals surface area contributed by atoms with Gasteiger partial charge >= 0.3 is 12.0 Å². The largest absolute Gasteiger partial charge is 0.504 e. The molecule has 3 N–H and O–H groups in total. The van der Waals surface area contributed by atoms with E-state index in [9.17, 15) is 23.1 Å². The summed E-state index contributed by atoms with van der Waals surface area (Å²) in [5.74, 6) is -1.01. The normalized spacial score (nSPS) is 16.1. The molecule has 0 bridgehead atoms. The first-order chi connectivity index (χ1) is 15.2. The number of benzene rings is 2. The number of amides is 2. The Hall–Kier alpha value is -3.73. The highest BCUT2D eigenvalue weighted by Gasteiger charge is 2.36. The molecule has 0 fully saturated rings. The van der Waals surface area contributed by atoms with Crippen LogP contribution in [-0.4, -0.2) is 52.6 Å². The molecule has 11 heteroatoms. The Balaban J connectivity index is 2.09. The Bertz CT molecular complexity index is 1170. The highest BCUT2D eigenvalue weighted by Crippen LogP contribution is 2.34. The van der Waals surface area contributed by atoms with E-state index in [1.165, 1.54) is 56.7 Å². The number of hydrogen-bond acceptors (Lipinski definition) is 8. The molecule has 170 valence electrons. The van der Waals surface area contributed by atoms with Crippen LogP contribution in [0.4, 0.5) is 4.79 Å². The Morgan fingerprint density at radius 3 is 2.34 bits per heavy atom. The number of urea groups is 1. The van der Waals surface area contributed by atoms with Crippen molar-refractivity contribution in [3.05, 3.63) is 59.3 Å². The number of sulfone groups is 1. The lowest BCUT2D eigenvalue weighted by Crippen LogP contribution is -2.47. The summed E-state index contributed by atoms with van der Waals surface area (Å²) in [6, 6.07) is 8.25. The summed E-state index contributed by atoms with van der Waals surface area (Å²) in [4.78, 5) is 25.0. The summed E-state index contributed by atoms with van der Waals surface area (Å²) in [5, 5.41) is 14.9. The zero-order valence-electron chi connectivity index (χ0n) is 17.5. The molecule has 1 aliphatic heterocycles. The first-order valence-corrected chi connectivity index (χ1v) is 11.0. The predicted octanol–water partition coefficient (Wildman–Crippen LogP) is 1.66. The van der Waals surface area contributed by atoms with E-state index in [1.807, 2.05) is 0 Å². The first-order valence-electron chi connectivity index (χ1n) is 9.32. The van der Waals surface area contributed by atoms with Gasteiger partial charge in [0.15, 0.2) is 21.3 Å². The van der Waals surface area contributed by atoms with Crippen molar-refractivity contribution in [1.29, 1.82) is 0 Å².